The predicted molar refractivity (Wildman–Crippen MR) is 447 cm³/mol. The summed E-state index contributed by atoms with van der Waals surface area (Å²) in [6.07, 6.45) is 16.4. The zero-order valence-electron chi connectivity index (χ0n) is 68.1. The van der Waals surface area contributed by atoms with E-state index < -0.39 is 34.3 Å². The Morgan fingerprint density at radius 3 is 1.15 bits per heavy atom. The van der Waals surface area contributed by atoms with Crippen LogP contribution in [0.4, 0.5) is 13.2 Å². The fourth-order valence-corrected chi connectivity index (χ4v) is 12.4. The molecule has 18 aromatic rings. The number of nitrogens with zero attached hydrogens (tertiary/aromatic N) is 28. The van der Waals surface area contributed by atoms with E-state index in [1.807, 2.05) is 149 Å². The summed E-state index contributed by atoms with van der Waals surface area (Å²) in [5.41, 5.74) is 16.5. The van der Waals surface area contributed by atoms with Crippen molar-refractivity contribution in [2.75, 3.05) is 0 Å². The molecular weight excluding hydrogens is 2560 g/mol. The SMILES string of the molecule is CC12CCC(c3c1n[n-]c3-c1nccc3ccccc13)C2(C)C.Cc1cc(-c2ccccn2)[n-]n1.Cc1cc(-c2ccccn2)[n-]n1.Cc1cc(-c2ccccn2)[n-]n1.Cc1cc(-c2cnccn2)[n-]n1.Cc1n[n-]c(-c2ccccn2)n1.Cc1n[n-]c(-c2ccccn2)n1.FC(F)(F)c1cc(-c2ccccn2)[n-]n1.O=C(O)c1ccccn1.[Cl][Pt][Cl].[Pt+2].[Pt+2].[Pt+2].[Pt]. The Hall–Kier alpha value is -11.4. The molecule has 0 aliphatic heterocycles. The first kappa shape index (κ1) is 102. The minimum absolute atomic E-state index is 0. The first-order chi connectivity index (χ1) is 59.0. The van der Waals surface area contributed by atoms with Gasteiger partial charge < -0.3 is 86.5 Å². The number of hydrogen-bond donors (Lipinski definition) is 1. The number of fused-ring (bicyclic) bond motifs is 6. The summed E-state index contributed by atoms with van der Waals surface area (Å²) in [4.78, 5) is 59.2. The largest absolute Gasteiger partial charge is 2.00 e. The van der Waals surface area contributed by atoms with Gasteiger partial charge in [-0.2, -0.15) is 13.2 Å². The molecule has 30 nitrogen and oxygen atoms in total. The van der Waals surface area contributed by atoms with Gasteiger partial charge in [0.2, 0.25) is 0 Å². The summed E-state index contributed by atoms with van der Waals surface area (Å²) in [6, 6.07) is 57.1. The van der Waals surface area contributed by atoms with Crippen molar-refractivity contribution in [1.29, 1.82) is 0 Å². The van der Waals surface area contributed by atoms with E-state index in [-0.39, 0.29) is 106 Å². The third-order valence-corrected chi connectivity index (χ3v) is 18.6. The zero-order chi connectivity index (χ0) is 86.4. The average Bonchev–Trinajstić information content (AvgIpc) is 1.52. The van der Waals surface area contributed by atoms with Crippen LogP contribution in [0.3, 0.4) is 0 Å². The Balaban J connectivity index is 0.000000195. The first-order valence-corrected chi connectivity index (χ1v) is 42.9. The first-order valence-electron chi connectivity index (χ1n) is 37.2. The van der Waals surface area contributed by atoms with Gasteiger partial charge in [-0.1, -0.05) is 146 Å². The van der Waals surface area contributed by atoms with Gasteiger partial charge in [0.1, 0.15) is 11.4 Å². The molecule has 0 saturated heterocycles. The Kier molecular flexibility index (Phi) is 40.4. The van der Waals surface area contributed by atoms with Crippen molar-refractivity contribution in [2.45, 2.75) is 92.7 Å². The van der Waals surface area contributed by atoms with Gasteiger partial charge >= 0.3 is 111 Å². The Morgan fingerprint density at radius 2 is 0.810 bits per heavy atom. The maximum Gasteiger partial charge on any atom is 2.00 e. The number of aromatic nitrogens is 28. The molecule has 0 spiro atoms. The maximum atomic E-state index is 12.2. The van der Waals surface area contributed by atoms with Crippen molar-refractivity contribution in [1.82, 2.24) is 141 Å². The van der Waals surface area contributed by atoms with Crippen LogP contribution in [-0.4, -0.2) is 112 Å². The molecule has 2 bridgehead atoms. The van der Waals surface area contributed by atoms with Crippen LogP contribution in [0.2, 0.25) is 0 Å². The number of hydrogen-bond acceptors (Lipinski definition) is 21. The van der Waals surface area contributed by atoms with Crippen molar-refractivity contribution in [3.63, 3.8) is 0 Å². The molecule has 1 aromatic carbocycles. The van der Waals surface area contributed by atoms with Crippen LogP contribution in [0.1, 0.15) is 101 Å². The van der Waals surface area contributed by atoms with Crippen LogP contribution in [-0.2, 0) is 112 Å². The van der Waals surface area contributed by atoms with E-state index in [0.29, 0.717) is 34.9 Å². The van der Waals surface area contributed by atoms with Gasteiger partial charge in [0, 0.05) is 157 Å². The van der Waals surface area contributed by atoms with Gasteiger partial charge in [0.25, 0.3) is 0 Å². The molecule has 2 atom stereocenters. The predicted octanol–water partition coefficient (Wildman–Crippen LogP) is 15.3. The van der Waals surface area contributed by atoms with Gasteiger partial charge in [-0.15, -0.1) is 0 Å². The number of carbonyl (C=O) groups is 1. The fraction of sp³-hybridized carbons (Fsp3) is 0.174. The summed E-state index contributed by atoms with van der Waals surface area (Å²) in [6.45, 7) is 18.4. The van der Waals surface area contributed by atoms with Crippen molar-refractivity contribution < 1.29 is 124 Å². The molecule has 40 heteroatoms. The topological polar surface area (TPSA) is 408 Å². The van der Waals surface area contributed by atoms with Crippen LogP contribution >= 0.6 is 18.8 Å². The van der Waals surface area contributed by atoms with Crippen LogP contribution in [0.5, 0.6) is 0 Å². The number of benzene rings is 1. The number of aromatic carboxylic acids is 1. The minimum atomic E-state index is -4.46. The van der Waals surface area contributed by atoms with E-state index in [1.165, 1.54) is 53.3 Å². The number of carboxylic acids is 1. The monoisotopic (exact) mass is 2630 g/mol. The third-order valence-electron chi connectivity index (χ3n) is 18.6. The quantitative estimate of drug-likeness (QED) is 0.140. The fourth-order valence-electron chi connectivity index (χ4n) is 12.4. The van der Waals surface area contributed by atoms with Crippen LogP contribution in [0.25, 0.3) is 102 Å². The summed E-state index contributed by atoms with van der Waals surface area (Å²) in [5.74, 6) is 2.09. The smallest absolute Gasteiger partial charge is 0 e. The number of pyridine rings is 8. The van der Waals surface area contributed by atoms with Crippen LogP contribution in [0.15, 0.2) is 256 Å². The molecule has 2 aliphatic rings. The Morgan fingerprint density at radius 1 is 0.429 bits per heavy atom. The van der Waals surface area contributed by atoms with Crippen molar-refractivity contribution in [3.05, 3.63) is 313 Å². The minimum Gasteiger partial charge on any atom is 0 e. The van der Waals surface area contributed by atoms with E-state index in [0.717, 1.165) is 97.2 Å². The van der Waals surface area contributed by atoms with E-state index in [4.69, 9.17) is 23.9 Å². The normalized spacial score (nSPS) is 13.0. The van der Waals surface area contributed by atoms with E-state index >= 15 is 0 Å². The number of halogens is 5. The van der Waals surface area contributed by atoms with Gasteiger partial charge in [0.15, 0.2) is 0 Å². The molecule has 20 rings (SSSR count). The van der Waals surface area contributed by atoms with Crippen molar-refractivity contribution >= 4 is 35.6 Å². The second kappa shape index (κ2) is 50.1. The average molecular weight is 2640 g/mol. The molecule has 1 fully saturated rings. The van der Waals surface area contributed by atoms with Gasteiger partial charge in [-0.3, -0.25) is 55.1 Å². The molecule has 658 valence electrons. The second-order valence-corrected chi connectivity index (χ2v) is 30.5. The molecule has 0 radical (unpaired) electrons. The Labute approximate surface area is 796 Å². The molecule has 17 heterocycles. The number of rotatable bonds is 9. The zero-order valence-corrected chi connectivity index (χ0v) is 81.0. The number of alkyl halides is 3. The summed E-state index contributed by atoms with van der Waals surface area (Å²) in [7, 11) is 9.75. The number of carboxylic acid groups (broad SMARTS) is 1. The maximum absolute atomic E-state index is 12.2. The number of aryl methyl sites for hydroxylation is 6. The van der Waals surface area contributed by atoms with E-state index in [1.54, 1.807) is 93.8 Å². The van der Waals surface area contributed by atoms with E-state index in [2.05, 4.69) is 192 Å². The molecule has 2 aliphatic carbocycles. The van der Waals surface area contributed by atoms with Crippen molar-refractivity contribution in [2.24, 2.45) is 5.41 Å². The molecule has 126 heavy (non-hydrogen) atoms. The molecule has 1 N–H and O–H groups in total. The van der Waals surface area contributed by atoms with Crippen molar-refractivity contribution in [3.8, 4) is 91.4 Å². The van der Waals surface area contributed by atoms with E-state index in [9.17, 15) is 18.0 Å². The standard InChI is InChI=1S/C20H20N3.C9H5F3N3.3C9H8N3.3C8H7N4.C6H5NO2.2ClH.5Pt/c1-19(2)14-8-10-20(19,3)18-15(14)17(22-23-18)16-13-7-5-4-6-12(13)9-11-21-16;10-9(11,12)8-5-7(14-15-8)6-3-1-2-4-13-6;3*1-7-6-9(12-11-7)8-4-2-3-5-10-8;1-6-4-7(12-11-6)8-5-9-2-3-10-8;2*1-6-10-8(12-11-6)7-4-2-3-5-9-7;8-6(9)5-3-1-2-4-7-5;;;;;;;/h4-7,9,11,14H,8,10H2,1-3H3;1-5H;3*2-6H,1H3;3*2-5H,1H3;1-4H,(H,8,9);2*1H;;;;;/q8*-1;;;;;4*+2/p-2. The summed E-state index contributed by atoms with van der Waals surface area (Å²) < 4.78 is 36.6. The molecule has 1 saturated carbocycles. The third kappa shape index (κ3) is 28.3. The molecular formula is C86H75Cl2F3N28O2Pt5-2. The van der Waals surface area contributed by atoms with Crippen LogP contribution < -0.4 is 40.8 Å². The van der Waals surface area contributed by atoms with Gasteiger partial charge in [-0.25, -0.2) is 9.78 Å². The molecule has 17 aromatic heterocycles. The molecule has 2 unspecified atom stereocenters. The molecule has 0 amide bonds. The van der Waals surface area contributed by atoms with Gasteiger partial charge in [-0.05, 0) is 185 Å². The summed E-state index contributed by atoms with van der Waals surface area (Å²) in [5, 5.41) is 73.2. The van der Waals surface area contributed by atoms with Gasteiger partial charge in [0.05, 0.1) is 29.0 Å². The summed E-state index contributed by atoms with van der Waals surface area (Å²) >= 11 is -0.472. The second-order valence-electron chi connectivity index (χ2n) is 27.2. The van der Waals surface area contributed by atoms with Crippen LogP contribution in [0, 0.1) is 47.0 Å². The Bertz CT molecular complexity index is 5590.